The zero-order chi connectivity index (χ0) is 17.9. The Hall–Kier alpha value is -3.22. The number of hydrogen-bond donors (Lipinski definition) is 0. The fourth-order valence-corrected chi connectivity index (χ4v) is 3.12. The Kier molecular flexibility index (Phi) is 4.35. The quantitative estimate of drug-likeness (QED) is 0.722. The largest absolute Gasteiger partial charge is 0.487 e. The Morgan fingerprint density at radius 3 is 2.88 bits per heavy atom. The van der Waals surface area contributed by atoms with Gasteiger partial charge in [0.25, 0.3) is 5.91 Å². The van der Waals surface area contributed by atoms with Crippen molar-refractivity contribution in [3.63, 3.8) is 0 Å². The van der Waals surface area contributed by atoms with Gasteiger partial charge in [-0.3, -0.25) is 9.78 Å². The number of aromatic nitrogens is 4. The fourth-order valence-electron chi connectivity index (χ4n) is 3.12. The van der Waals surface area contributed by atoms with Gasteiger partial charge in [-0.05, 0) is 31.2 Å². The summed E-state index contributed by atoms with van der Waals surface area (Å²) >= 11 is 0. The third-order valence-electron chi connectivity index (χ3n) is 4.48. The van der Waals surface area contributed by atoms with Crippen molar-refractivity contribution in [1.82, 2.24) is 24.6 Å². The van der Waals surface area contributed by atoms with E-state index in [1.54, 1.807) is 29.5 Å². The van der Waals surface area contributed by atoms with Crippen LogP contribution in [0, 0.1) is 6.92 Å². The van der Waals surface area contributed by atoms with Crippen molar-refractivity contribution < 1.29 is 9.53 Å². The van der Waals surface area contributed by atoms with Crippen LogP contribution in [-0.4, -0.2) is 49.7 Å². The number of amides is 1. The lowest BCUT2D eigenvalue weighted by Crippen LogP contribution is -2.31. The normalized spacial score (nSPS) is 16.7. The topological polar surface area (TPSA) is 73.1 Å². The van der Waals surface area contributed by atoms with E-state index in [4.69, 9.17) is 4.74 Å². The van der Waals surface area contributed by atoms with E-state index in [2.05, 4.69) is 15.1 Å². The van der Waals surface area contributed by atoms with Crippen LogP contribution in [0.15, 0.2) is 55.1 Å². The first-order chi connectivity index (χ1) is 12.7. The highest BCUT2D eigenvalue weighted by Gasteiger charge is 2.30. The highest BCUT2D eigenvalue weighted by atomic mass is 16.5. The Balaban J connectivity index is 1.46. The van der Waals surface area contributed by atoms with Crippen molar-refractivity contribution in [3.05, 3.63) is 66.4 Å². The Morgan fingerprint density at radius 2 is 2.12 bits per heavy atom. The summed E-state index contributed by atoms with van der Waals surface area (Å²) in [4.78, 5) is 23.0. The predicted octanol–water partition coefficient (Wildman–Crippen LogP) is 2.26. The molecule has 7 nitrogen and oxygen atoms in total. The molecule has 132 valence electrons. The van der Waals surface area contributed by atoms with Crippen molar-refractivity contribution >= 4 is 5.91 Å². The first-order valence-electron chi connectivity index (χ1n) is 8.54. The first kappa shape index (κ1) is 16.3. The summed E-state index contributed by atoms with van der Waals surface area (Å²) in [5.41, 5.74) is 1.38. The molecule has 26 heavy (non-hydrogen) atoms. The molecule has 1 atom stereocenters. The van der Waals surface area contributed by atoms with E-state index in [1.807, 2.05) is 42.2 Å². The number of carbonyl (C=O) groups is 1. The molecule has 3 aromatic rings. The molecule has 1 unspecified atom stereocenters. The molecule has 4 rings (SSSR count). The van der Waals surface area contributed by atoms with Crippen LogP contribution < -0.4 is 4.74 Å². The smallest absolute Gasteiger partial charge is 0.257 e. The molecular formula is C19H19N5O2. The number of rotatable bonds is 4. The SMILES string of the molecule is Cc1c(C(=O)N2CCC(Oc3cccnc3)C2)cnn1-c1ccccn1. The van der Waals surface area contributed by atoms with E-state index >= 15 is 0 Å². The second-order valence-electron chi connectivity index (χ2n) is 6.21. The van der Waals surface area contributed by atoms with Crippen molar-refractivity contribution in [3.8, 4) is 11.6 Å². The van der Waals surface area contributed by atoms with Crippen molar-refractivity contribution in [2.75, 3.05) is 13.1 Å². The maximum atomic E-state index is 12.9. The van der Waals surface area contributed by atoms with E-state index in [1.165, 1.54) is 0 Å². The van der Waals surface area contributed by atoms with Gasteiger partial charge in [0.05, 0.1) is 30.2 Å². The van der Waals surface area contributed by atoms with Crippen LogP contribution in [0.1, 0.15) is 22.5 Å². The van der Waals surface area contributed by atoms with Gasteiger partial charge in [0.2, 0.25) is 0 Å². The summed E-state index contributed by atoms with van der Waals surface area (Å²) in [5, 5.41) is 4.33. The van der Waals surface area contributed by atoms with Gasteiger partial charge in [0.1, 0.15) is 11.9 Å². The highest BCUT2D eigenvalue weighted by Crippen LogP contribution is 2.21. The van der Waals surface area contributed by atoms with Crippen LogP contribution >= 0.6 is 0 Å². The summed E-state index contributed by atoms with van der Waals surface area (Å²) in [6.45, 7) is 3.11. The number of nitrogens with zero attached hydrogens (tertiary/aromatic N) is 5. The standard InChI is InChI=1S/C19H19N5O2/c1-14-17(12-22-24(14)18-6-2-3-9-21-18)19(25)23-10-7-16(13-23)26-15-5-4-8-20-11-15/h2-6,8-9,11-12,16H,7,10,13H2,1H3. The molecule has 3 aromatic heterocycles. The minimum atomic E-state index is -0.0260. The molecule has 1 aliphatic rings. The van der Waals surface area contributed by atoms with Gasteiger partial charge >= 0.3 is 0 Å². The van der Waals surface area contributed by atoms with Crippen molar-refractivity contribution in [1.29, 1.82) is 0 Å². The van der Waals surface area contributed by atoms with E-state index in [9.17, 15) is 4.79 Å². The van der Waals surface area contributed by atoms with Gasteiger partial charge in [-0.15, -0.1) is 0 Å². The first-order valence-corrected chi connectivity index (χ1v) is 8.54. The molecule has 4 heterocycles. The zero-order valence-corrected chi connectivity index (χ0v) is 14.4. The molecule has 0 bridgehead atoms. The molecule has 0 aromatic carbocycles. The van der Waals surface area contributed by atoms with E-state index in [-0.39, 0.29) is 12.0 Å². The van der Waals surface area contributed by atoms with Crippen LogP contribution in [0.4, 0.5) is 0 Å². The molecule has 1 amide bonds. The second kappa shape index (κ2) is 6.95. The van der Waals surface area contributed by atoms with Crippen molar-refractivity contribution in [2.24, 2.45) is 0 Å². The van der Waals surface area contributed by atoms with Crippen LogP contribution in [0.2, 0.25) is 0 Å². The van der Waals surface area contributed by atoms with Gasteiger partial charge in [-0.1, -0.05) is 6.07 Å². The Morgan fingerprint density at radius 1 is 1.19 bits per heavy atom. The summed E-state index contributed by atoms with van der Waals surface area (Å²) in [6, 6.07) is 9.32. The third-order valence-corrected chi connectivity index (χ3v) is 4.48. The maximum absolute atomic E-state index is 12.9. The number of carbonyl (C=O) groups excluding carboxylic acids is 1. The molecule has 0 radical (unpaired) electrons. The number of pyridine rings is 2. The number of hydrogen-bond acceptors (Lipinski definition) is 5. The molecule has 0 aliphatic carbocycles. The Labute approximate surface area is 151 Å². The highest BCUT2D eigenvalue weighted by molar-refractivity contribution is 5.95. The average molecular weight is 349 g/mol. The van der Waals surface area contributed by atoms with Gasteiger partial charge < -0.3 is 9.64 Å². The van der Waals surface area contributed by atoms with Crippen LogP contribution in [0.5, 0.6) is 5.75 Å². The lowest BCUT2D eigenvalue weighted by molar-refractivity contribution is 0.0771. The number of ether oxygens (including phenoxy) is 1. The lowest BCUT2D eigenvalue weighted by Gasteiger charge is -2.17. The average Bonchev–Trinajstić information content (AvgIpc) is 3.30. The van der Waals surface area contributed by atoms with Gasteiger partial charge in [0, 0.05) is 25.4 Å². The van der Waals surface area contributed by atoms with Crippen LogP contribution in [-0.2, 0) is 0 Å². The maximum Gasteiger partial charge on any atom is 0.257 e. The second-order valence-corrected chi connectivity index (χ2v) is 6.21. The van der Waals surface area contributed by atoms with Crippen LogP contribution in [0.25, 0.3) is 5.82 Å². The third kappa shape index (κ3) is 3.15. The minimum absolute atomic E-state index is 0.0192. The van der Waals surface area contributed by atoms with Gasteiger partial charge in [0.15, 0.2) is 5.82 Å². The molecule has 1 fully saturated rings. The van der Waals surface area contributed by atoms with Gasteiger partial charge in [-0.2, -0.15) is 5.10 Å². The van der Waals surface area contributed by atoms with E-state index < -0.39 is 0 Å². The summed E-state index contributed by atoms with van der Waals surface area (Å²) in [5.74, 6) is 1.40. The van der Waals surface area contributed by atoms with E-state index in [0.29, 0.717) is 24.5 Å². The molecule has 0 saturated carbocycles. The molecule has 0 spiro atoms. The fraction of sp³-hybridized carbons (Fsp3) is 0.263. The minimum Gasteiger partial charge on any atom is -0.487 e. The molecule has 1 saturated heterocycles. The molecular weight excluding hydrogens is 330 g/mol. The van der Waals surface area contributed by atoms with Gasteiger partial charge in [-0.25, -0.2) is 9.67 Å². The van der Waals surface area contributed by atoms with E-state index in [0.717, 1.165) is 17.9 Å². The number of likely N-dealkylation sites (tertiary alicyclic amines) is 1. The van der Waals surface area contributed by atoms with Crippen molar-refractivity contribution in [2.45, 2.75) is 19.4 Å². The lowest BCUT2D eigenvalue weighted by atomic mass is 10.2. The molecule has 0 N–H and O–H groups in total. The summed E-state index contributed by atoms with van der Waals surface area (Å²) < 4.78 is 7.60. The molecule has 1 aliphatic heterocycles. The summed E-state index contributed by atoms with van der Waals surface area (Å²) in [6.07, 6.45) is 7.49. The Bertz CT molecular complexity index is 895. The predicted molar refractivity (Wildman–Crippen MR) is 95.3 cm³/mol. The van der Waals surface area contributed by atoms with Crippen LogP contribution in [0.3, 0.4) is 0 Å². The molecule has 7 heteroatoms. The monoisotopic (exact) mass is 349 g/mol. The zero-order valence-electron chi connectivity index (χ0n) is 14.4. The summed E-state index contributed by atoms with van der Waals surface area (Å²) in [7, 11) is 0.